The van der Waals surface area contributed by atoms with Gasteiger partial charge in [-0.2, -0.15) is 0 Å². The zero-order valence-electron chi connectivity index (χ0n) is 22.5. The number of hydrogen-bond donors (Lipinski definition) is 2. The van der Waals surface area contributed by atoms with Crippen molar-refractivity contribution in [2.24, 2.45) is 0 Å². The second-order valence-electron chi connectivity index (χ2n) is 9.76. The molecule has 0 heterocycles. The van der Waals surface area contributed by atoms with Crippen LogP contribution in [0.3, 0.4) is 0 Å². The Kier molecular flexibility index (Phi) is 20.8. The van der Waals surface area contributed by atoms with Gasteiger partial charge in [0, 0.05) is 11.8 Å². The van der Waals surface area contributed by atoms with Crippen LogP contribution in [0.15, 0.2) is 24.3 Å². The fraction of sp³-hybridized carbons (Fsp3) is 0.767. The molecule has 0 atom stereocenters. The number of rotatable bonds is 24. The third kappa shape index (κ3) is 18.8. The fourth-order valence-corrected chi connectivity index (χ4v) is 4.23. The van der Waals surface area contributed by atoms with Crippen molar-refractivity contribution in [3.05, 3.63) is 24.3 Å². The number of carbonyl (C=O) groups is 1. The maximum Gasteiger partial charge on any atom is 0.238 e. The summed E-state index contributed by atoms with van der Waals surface area (Å²) in [5.41, 5.74) is 0.800. The van der Waals surface area contributed by atoms with E-state index in [2.05, 4.69) is 24.5 Å². The van der Waals surface area contributed by atoms with Crippen molar-refractivity contribution < 1.29 is 9.53 Å². The van der Waals surface area contributed by atoms with Gasteiger partial charge in [0.2, 0.25) is 5.91 Å². The van der Waals surface area contributed by atoms with E-state index in [0.29, 0.717) is 6.54 Å². The summed E-state index contributed by atoms with van der Waals surface area (Å²) < 4.78 is 5.80. The summed E-state index contributed by atoms with van der Waals surface area (Å²) in [5.74, 6) is 0.829. The van der Waals surface area contributed by atoms with Gasteiger partial charge in [-0.1, -0.05) is 123 Å². The monoisotopic (exact) mass is 474 g/mol. The summed E-state index contributed by atoms with van der Waals surface area (Å²) in [6.45, 7) is 6.50. The summed E-state index contributed by atoms with van der Waals surface area (Å²) in [6, 6.07) is 7.70. The maximum absolute atomic E-state index is 12.2. The van der Waals surface area contributed by atoms with Crippen molar-refractivity contribution in [2.75, 3.05) is 25.0 Å². The number of unbranched alkanes of at least 4 members (excludes halogenated alkanes) is 16. The molecular weight excluding hydrogens is 420 g/mol. The molecule has 0 aromatic heterocycles. The van der Waals surface area contributed by atoms with Crippen molar-refractivity contribution in [3.63, 3.8) is 0 Å². The molecule has 4 nitrogen and oxygen atoms in total. The topological polar surface area (TPSA) is 50.4 Å². The smallest absolute Gasteiger partial charge is 0.238 e. The quantitative estimate of drug-likeness (QED) is 0.147. The van der Waals surface area contributed by atoms with Gasteiger partial charge in [0.15, 0.2) is 0 Å². The summed E-state index contributed by atoms with van der Waals surface area (Å²) in [6.07, 6.45) is 23.9. The van der Waals surface area contributed by atoms with Crippen LogP contribution in [0.4, 0.5) is 5.69 Å². The summed E-state index contributed by atoms with van der Waals surface area (Å²) in [4.78, 5) is 12.2. The van der Waals surface area contributed by atoms with Crippen LogP contribution in [0.5, 0.6) is 5.75 Å². The first-order valence-corrected chi connectivity index (χ1v) is 14.5. The SMILES string of the molecule is CCCCCCCCCCCCCCCCNCC(=O)Nc1cccc(OCCCCCC)c1. The van der Waals surface area contributed by atoms with E-state index >= 15 is 0 Å². The van der Waals surface area contributed by atoms with Crippen LogP contribution in [-0.2, 0) is 4.79 Å². The van der Waals surface area contributed by atoms with Crippen LogP contribution >= 0.6 is 0 Å². The molecule has 0 unspecified atom stereocenters. The highest BCUT2D eigenvalue weighted by atomic mass is 16.5. The van der Waals surface area contributed by atoms with Gasteiger partial charge in [-0.05, 0) is 31.5 Å². The van der Waals surface area contributed by atoms with E-state index in [-0.39, 0.29) is 5.91 Å². The van der Waals surface area contributed by atoms with Gasteiger partial charge in [-0.3, -0.25) is 4.79 Å². The lowest BCUT2D eigenvalue weighted by atomic mass is 10.0. The number of nitrogens with one attached hydrogen (secondary N) is 2. The number of benzene rings is 1. The van der Waals surface area contributed by atoms with Crippen molar-refractivity contribution in [1.29, 1.82) is 0 Å². The average molecular weight is 475 g/mol. The van der Waals surface area contributed by atoms with Gasteiger partial charge < -0.3 is 15.4 Å². The van der Waals surface area contributed by atoms with E-state index in [4.69, 9.17) is 4.74 Å². The Morgan fingerprint density at radius 3 is 1.82 bits per heavy atom. The molecule has 1 aromatic rings. The molecule has 0 radical (unpaired) electrons. The van der Waals surface area contributed by atoms with Gasteiger partial charge in [0.05, 0.1) is 13.2 Å². The Morgan fingerprint density at radius 2 is 1.24 bits per heavy atom. The summed E-state index contributed by atoms with van der Waals surface area (Å²) >= 11 is 0. The zero-order chi connectivity index (χ0) is 24.5. The van der Waals surface area contributed by atoms with Gasteiger partial charge >= 0.3 is 0 Å². The van der Waals surface area contributed by atoms with Crippen molar-refractivity contribution in [1.82, 2.24) is 5.32 Å². The van der Waals surface area contributed by atoms with Gasteiger partial charge in [-0.25, -0.2) is 0 Å². The molecule has 1 aromatic carbocycles. The minimum Gasteiger partial charge on any atom is -0.494 e. The third-order valence-corrected chi connectivity index (χ3v) is 6.38. The maximum atomic E-state index is 12.2. The Bertz CT molecular complexity index is 591. The highest BCUT2D eigenvalue weighted by Gasteiger charge is 2.03. The van der Waals surface area contributed by atoms with E-state index in [0.717, 1.165) is 37.4 Å². The largest absolute Gasteiger partial charge is 0.494 e. The molecule has 0 aliphatic rings. The molecule has 0 saturated heterocycles. The number of carbonyl (C=O) groups excluding carboxylic acids is 1. The van der Waals surface area contributed by atoms with Gasteiger partial charge in [0.1, 0.15) is 5.75 Å². The molecule has 34 heavy (non-hydrogen) atoms. The molecule has 0 aliphatic carbocycles. The minimum atomic E-state index is 0.00505. The Morgan fingerprint density at radius 1 is 0.706 bits per heavy atom. The second kappa shape index (κ2) is 23.2. The average Bonchev–Trinajstić information content (AvgIpc) is 2.84. The number of hydrogen-bond acceptors (Lipinski definition) is 3. The second-order valence-corrected chi connectivity index (χ2v) is 9.76. The summed E-state index contributed by atoms with van der Waals surface area (Å²) in [7, 11) is 0. The normalized spacial score (nSPS) is 11.0. The predicted molar refractivity (Wildman–Crippen MR) is 148 cm³/mol. The van der Waals surface area contributed by atoms with E-state index in [9.17, 15) is 4.79 Å². The number of ether oxygens (including phenoxy) is 1. The molecule has 0 bridgehead atoms. The lowest BCUT2D eigenvalue weighted by molar-refractivity contribution is -0.115. The van der Waals surface area contributed by atoms with Crippen LogP contribution in [0.25, 0.3) is 0 Å². The molecule has 0 fully saturated rings. The highest BCUT2D eigenvalue weighted by Crippen LogP contribution is 2.18. The van der Waals surface area contributed by atoms with Crippen LogP contribution in [0, 0.1) is 0 Å². The Balaban J connectivity index is 1.92. The molecule has 4 heteroatoms. The van der Waals surface area contributed by atoms with Gasteiger partial charge in [-0.15, -0.1) is 0 Å². The van der Waals surface area contributed by atoms with Crippen molar-refractivity contribution in [3.8, 4) is 5.75 Å². The lowest BCUT2D eigenvalue weighted by Gasteiger charge is -2.10. The molecule has 0 spiro atoms. The first kappa shape index (κ1) is 30.5. The van der Waals surface area contributed by atoms with Gasteiger partial charge in [0.25, 0.3) is 0 Å². The first-order chi connectivity index (χ1) is 16.8. The molecular formula is C30H54N2O2. The minimum absolute atomic E-state index is 0.00505. The molecule has 0 aliphatic heterocycles. The van der Waals surface area contributed by atoms with Crippen LogP contribution in [0.2, 0.25) is 0 Å². The first-order valence-electron chi connectivity index (χ1n) is 14.5. The molecule has 196 valence electrons. The van der Waals surface area contributed by atoms with E-state index in [1.807, 2.05) is 24.3 Å². The Hall–Kier alpha value is -1.55. The van der Waals surface area contributed by atoms with Crippen LogP contribution in [-0.4, -0.2) is 25.6 Å². The third-order valence-electron chi connectivity index (χ3n) is 6.38. The molecule has 1 amide bonds. The zero-order valence-corrected chi connectivity index (χ0v) is 22.5. The van der Waals surface area contributed by atoms with Crippen LogP contribution in [0.1, 0.15) is 129 Å². The van der Waals surface area contributed by atoms with Crippen molar-refractivity contribution in [2.45, 2.75) is 129 Å². The number of anilines is 1. The molecule has 0 saturated carbocycles. The summed E-state index contributed by atoms with van der Waals surface area (Å²) in [5, 5.41) is 6.24. The van der Waals surface area contributed by atoms with E-state index in [1.54, 1.807) is 0 Å². The Labute approximate surface area is 211 Å². The predicted octanol–water partition coefficient (Wildman–Crippen LogP) is 8.66. The standard InChI is InChI=1S/C30H54N2O2/c1-3-5-7-9-10-11-12-13-14-15-16-17-18-19-24-31-27-30(33)32-28-22-21-23-29(26-28)34-25-20-8-6-4-2/h21-23,26,31H,3-20,24-25,27H2,1-2H3,(H,32,33). The fourth-order valence-electron chi connectivity index (χ4n) is 4.23. The number of amides is 1. The highest BCUT2D eigenvalue weighted by molar-refractivity contribution is 5.92. The van der Waals surface area contributed by atoms with Crippen molar-refractivity contribution >= 4 is 11.6 Å². The molecule has 2 N–H and O–H groups in total. The lowest BCUT2D eigenvalue weighted by Crippen LogP contribution is -2.28. The van der Waals surface area contributed by atoms with E-state index < -0.39 is 0 Å². The van der Waals surface area contributed by atoms with Crippen LogP contribution < -0.4 is 15.4 Å². The molecule has 1 rings (SSSR count). The van der Waals surface area contributed by atoms with E-state index in [1.165, 1.54) is 103 Å².